The Morgan fingerprint density at radius 2 is 1.87 bits per heavy atom. The second-order valence-corrected chi connectivity index (χ2v) is 7.00. The molecule has 0 saturated heterocycles. The number of nitrogens with one attached hydrogen (secondary N) is 1. The maximum Gasteiger partial charge on any atom is 0.224 e. The second kappa shape index (κ2) is 7.93. The predicted molar refractivity (Wildman–Crippen MR) is 99.1 cm³/mol. The van der Waals surface area contributed by atoms with Gasteiger partial charge in [-0.1, -0.05) is 27.7 Å². The Balaban J connectivity index is 2.00. The van der Waals surface area contributed by atoms with Gasteiger partial charge < -0.3 is 5.32 Å². The number of halogens is 1. The molecule has 1 aromatic carbocycles. The number of carbonyl (C=O) groups excluding carboxylic acids is 1. The molecule has 1 heterocycles. The van der Waals surface area contributed by atoms with Gasteiger partial charge in [0, 0.05) is 28.0 Å². The number of aromatic nitrogens is 2. The van der Waals surface area contributed by atoms with Crippen LogP contribution in [0.5, 0.6) is 0 Å². The number of thioether (sulfide) groups is 1. The zero-order valence-electron chi connectivity index (χ0n) is 13.7. The molecule has 0 aliphatic heterocycles. The molecule has 23 heavy (non-hydrogen) atoms. The van der Waals surface area contributed by atoms with E-state index in [2.05, 4.69) is 31.2 Å². The molecule has 4 nitrogen and oxygen atoms in total. The standard InChI is InChI=1S/C17H20BrN3OS/c1-10-9-13(5-7-15(10)18)21-16(22)8-6-14-11(2)19-17(23-4)20-12(14)3/h5,7,9H,6,8H2,1-4H3,(H,21,22). The minimum atomic E-state index is -0.000495. The van der Waals surface area contributed by atoms with E-state index in [1.165, 1.54) is 11.8 Å². The summed E-state index contributed by atoms with van der Waals surface area (Å²) in [5.41, 5.74) is 4.88. The Kier molecular flexibility index (Phi) is 6.18. The molecule has 1 N–H and O–H groups in total. The third kappa shape index (κ3) is 4.78. The first-order chi connectivity index (χ1) is 10.9. The van der Waals surface area contributed by atoms with E-state index in [4.69, 9.17) is 0 Å². The van der Waals surface area contributed by atoms with Crippen LogP contribution in [0.25, 0.3) is 0 Å². The van der Waals surface area contributed by atoms with E-state index in [-0.39, 0.29) is 5.91 Å². The van der Waals surface area contributed by atoms with E-state index in [1.54, 1.807) is 0 Å². The van der Waals surface area contributed by atoms with Crippen LogP contribution in [0.15, 0.2) is 27.8 Å². The average Bonchev–Trinajstić information content (AvgIpc) is 2.50. The van der Waals surface area contributed by atoms with Crippen molar-refractivity contribution in [1.82, 2.24) is 9.97 Å². The number of hydrogen-bond acceptors (Lipinski definition) is 4. The van der Waals surface area contributed by atoms with Crippen LogP contribution in [-0.4, -0.2) is 22.1 Å². The number of nitrogens with zero attached hydrogens (tertiary/aromatic N) is 2. The zero-order valence-corrected chi connectivity index (χ0v) is 16.1. The van der Waals surface area contributed by atoms with Crippen molar-refractivity contribution in [2.75, 3.05) is 11.6 Å². The molecule has 0 atom stereocenters. The number of amides is 1. The van der Waals surface area contributed by atoms with E-state index < -0.39 is 0 Å². The van der Waals surface area contributed by atoms with Crippen molar-refractivity contribution in [2.45, 2.75) is 38.8 Å². The highest BCUT2D eigenvalue weighted by Crippen LogP contribution is 2.21. The Morgan fingerprint density at radius 3 is 2.43 bits per heavy atom. The summed E-state index contributed by atoms with van der Waals surface area (Å²) in [6, 6.07) is 5.78. The quantitative estimate of drug-likeness (QED) is 0.601. The lowest BCUT2D eigenvalue weighted by Crippen LogP contribution is -2.14. The maximum atomic E-state index is 12.2. The van der Waals surface area contributed by atoms with Crippen LogP contribution in [0, 0.1) is 20.8 Å². The molecule has 2 aromatic rings. The van der Waals surface area contributed by atoms with Gasteiger partial charge in [-0.25, -0.2) is 9.97 Å². The van der Waals surface area contributed by atoms with E-state index in [9.17, 15) is 4.79 Å². The molecule has 0 bridgehead atoms. The minimum Gasteiger partial charge on any atom is -0.326 e. The Labute approximate surface area is 149 Å². The van der Waals surface area contributed by atoms with Crippen molar-refractivity contribution in [3.05, 3.63) is 45.2 Å². The van der Waals surface area contributed by atoms with Gasteiger partial charge in [-0.15, -0.1) is 0 Å². The van der Waals surface area contributed by atoms with Crippen molar-refractivity contribution >= 4 is 39.3 Å². The lowest BCUT2D eigenvalue weighted by atomic mass is 10.1. The molecule has 0 radical (unpaired) electrons. The highest BCUT2D eigenvalue weighted by molar-refractivity contribution is 9.10. The SMILES string of the molecule is CSc1nc(C)c(CCC(=O)Nc2ccc(Br)c(C)c2)c(C)n1. The average molecular weight is 394 g/mol. The fraction of sp³-hybridized carbons (Fsp3) is 0.353. The summed E-state index contributed by atoms with van der Waals surface area (Å²) in [6.45, 7) is 5.94. The minimum absolute atomic E-state index is 0.000495. The van der Waals surface area contributed by atoms with Gasteiger partial charge in [0.05, 0.1) is 0 Å². The molecule has 0 unspecified atom stereocenters. The smallest absolute Gasteiger partial charge is 0.224 e. The summed E-state index contributed by atoms with van der Waals surface area (Å²) >= 11 is 4.99. The highest BCUT2D eigenvalue weighted by Gasteiger charge is 2.11. The van der Waals surface area contributed by atoms with Crippen LogP contribution in [0.3, 0.4) is 0 Å². The number of aryl methyl sites for hydroxylation is 3. The largest absolute Gasteiger partial charge is 0.326 e. The van der Waals surface area contributed by atoms with Crippen LogP contribution in [0.1, 0.15) is 28.9 Å². The predicted octanol–water partition coefficient (Wildman–Crippen LogP) is 4.46. The third-order valence-electron chi connectivity index (χ3n) is 3.63. The van der Waals surface area contributed by atoms with E-state index in [1.807, 2.05) is 45.2 Å². The Bertz CT molecular complexity index is 711. The molecule has 0 aliphatic carbocycles. The molecule has 0 spiro atoms. The summed E-state index contributed by atoms with van der Waals surface area (Å²) in [6.07, 6.45) is 3.02. The second-order valence-electron chi connectivity index (χ2n) is 5.37. The first-order valence-corrected chi connectivity index (χ1v) is 9.36. The van der Waals surface area contributed by atoms with Crippen LogP contribution >= 0.6 is 27.7 Å². The fourth-order valence-electron chi connectivity index (χ4n) is 2.35. The molecule has 0 saturated carbocycles. The van der Waals surface area contributed by atoms with Gasteiger partial charge in [0.2, 0.25) is 5.91 Å². The van der Waals surface area contributed by atoms with Gasteiger partial charge in [0.15, 0.2) is 5.16 Å². The molecule has 122 valence electrons. The van der Waals surface area contributed by atoms with Gasteiger partial charge in [0.25, 0.3) is 0 Å². The number of carbonyl (C=O) groups is 1. The summed E-state index contributed by atoms with van der Waals surface area (Å²) < 4.78 is 1.03. The lowest BCUT2D eigenvalue weighted by Gasteiger charge is -2.11. The molecule has 0 fully saturated rings. The maximum absolute atomic E-state index is 12.2. The molecular weight excluding hydrogens is 374 g/mol. The van der Waals surface area contributed by atoms with Crippen LogP contribution in [0.4, 0.5) is 5.69 Å². The monoisotopic (exact) mass is 393 g/mol. The number of benzene rings is 1. The van der Waals surface area contributed by atoms with Crippen LogP contribution in [0.2, 0.25) is 0 Å². The van der Waals surface area contributed by atoms with Gasteiger partial charge in [-0.05, 0) is 62.8 Å². The van der Waals surface area contributed by atoms with Gasteiger partial charge in [0.1, 0.15) is 0 Å². The summed E-state index contributed by atoms with van der Waals surface area (Å²) in [7, 11) is 0. The molecule has 1 amide bonds. The molecule has 6 heteroatoms. The summed E-state index contributed by atoms with van der Waals surface area (Å²) in [5, 5.41) is 3.71. The Morgan fingerprint density at radius 1 is 1.22 bits per heavy atom. The normalized spacial score (nSPS) is 10.7. The molecule has 0 aliphatic rings. The van der Waals surface area contributed by atoms with E-state index in [0.29, 0.717) is 12.8 Å². The molecule has 2 rings (SSSR count). The third-order valence-corrected chi connectivity index (χ3v) is 5.06. The summed E-state index contributed by atoms with van der Waals surface area (Å²) in [4.78, 5) is 21.1. The van der Waals surface area contributed by atoms with Crippen molar-refractivity contribution in [3.8, 4) is 0 Å². The Hall–Kier alpha value is -1.40. The molecule has 1 aromatic heterocycles. The van der Waals surface area contributed by atoms with Crippen molar-refractivity contribution < 1.29 is 4.79 Å². The summed E-state index contributed by atoms with van der Waals surface area (Å²) in [5.74, 6) is -0.000495. The van der Waals surface area contributed by atoms with Gasteiger partial charge >= 0.3 is 0 Å². The number of rotatable bonds is 5. The lowest BCUT2D eigenvalue weighted by molar-refractivity contribution is -0.116. The zero-order chi connectivity index (χ0) is 17.0. The van der Waals surface area contributed by atoms with Gasteiger partial charge in [-0.2, -0.15) is 0 Å². The fourth-order valence-corrected chi connectivity index (χ4v) is 3.05. The van der Waals surface area contributed by atoms with Crippen molar-refractivity contribution in [3.63, 3.8) is 0 Å². The number of anilines is 1. The topological polar surface area (TPSA) is 54.9 Å². The van der Waals surface area contributed by atoms with Crippen LogP contribution in [-0.2, 0) is 11.2 Å². The van der Waals surface area contributed by atoms with Gasteiger partial charge in [-0.3, -0.25) is 4.79 Å². The van der Waals surface area contributed by atoms with E-state index >= 15 is 0 Å². The highest BCUT2D eigenvalue weighted by atomic mass is 79.9. The van der Waals surface area contributed by atoms with Crippen molar-refractivity contribution in [2.24, 2.45) is 0 Å². The van der Waals surface area contributed by atoms with Crippen LogP contribution < -0.4 is 5.32 Å². The van der Waals surface area contributed by atoms with Crippen molar-refractivity contribution in [1.29, 1.82) is 0 Å². The molecular formula is C17H20BrN3OS. The number of hydrogen-bond donors (Lipinski definition) is 1. The van der Waals surface area contributed by atoms with E-state index in [0.717, 1.165) is 37.8 Å². The first-order valence-electron chi connectivity index (χ1n) is 7.35. The first kappa shape index (κ1) is 17.9.